The number of Topliss-reactive ketones (excluding diaryl/α,β-unsaturated/α-hetero) is 2. The van der Waals surface area contributed by atoms with E-state index in [4.69, 9.17) is 22.1 Å². The molecule has 0 unspecified atom stereocenters. The van der Waals surface area contributed by atoms with Crippen molar-refractivity contribution < 1.29 is 14.3 Å². The molecule has 2 atom stereocenters. The minimum atomic E-state index is -1.67. The van der Waals surface area contributed by atoms with E-state index in [-0.39, 0.29) is 34.9 Å². The number of nitrogens with zero attached hydrogens (tertiary/aromatic N) is 2. The van der Waals surface area contributed by atoms with E-state index >= 15 is 0 Å². The lowest BCUT2D eigenvalue weighted by Gasteiger charge is -2.42. The molecule has 0 saturated carbocycles. The van der Waals surface area contributed by atoms with Gasteiger partial charge >= 0.3 is 0 Å². The molecule has 6 rings (SSSR count). The summed E-state index contributed by atoms with van der Waals surface area (Å²) in [4.78, 5) is 29.9. The largest absolute Gasteiger partial charge is 0.446 e. The van der Waals surface area contributed by atoms with Gasteiger partial charge in [-0.2, -0.15) is 5.26 Å². The zero-order chi connectivity index (χ0) is 23.3. The normalized spacial score (nSPS) is 28.8. The number of rotatable bonds is 1. The molecule has 0 saturated heterocycles. The van der Waals surface area contributed by atoms with Gasteiger partial charge in [0.2, 0.25) is 11.6 Å². The lowest BCUT2D eigenvalue weighted by molar-refractivity contribution is -0.119. The van der Waals surface area contributed by atoms with Crippen LogP contribution >= 0.6 is 11.6 Å². The lowest BCUT2D eigenvalue weighted by atomic mass is 9.64. The monoisotopic (exact) mass is 457 g/mol. The highest BCUT2D eigenvalue weighted by atomic mass is 35.5. The molecule has 4 aliphatic rings. The summed E-state index contributed by atoms with van der Waals surface area (Å²) in [6.45, 7) is 4.04. The van der Waals surface area contributed by atoms with E-state index in [0.717, 1.165) is 0 Å². The average molecular weight is 458 g/mol. The van der Waals surface area contributed by atoms with Crippen molar-refractivity contribution in [1.82, 2.24) is 0 Å². The van der Waals surface area contributed by atoms with Crippen LogP contribution in [0.15, 0.2) is 71.3 Å². The first kappa shape index (κ1) is 20.1. The van der Waals surface area contributed by atoms with Gasteiger partial charge in [-0.05, 0) is 24.0 Å². The molecule has 0 amide bonds. The zero-order valence-corrected chi connectivity index (χ0v) is 18.9. The fraction of sp³-hybridized carbons (Fsp3) is 0.269. The summed E-state index contributed by atoms with van der Waals surface area (Å²) in [5.41, 5.74) is 5.26. The van der Waals surface area contributed by atoms with Gasteiger partial charge in [0.1, 0.15) is 11.6 Å². The number of ether oxygens (including phenoxy) is 1. The molecule has 33 heavy (non-hydrogen) atoms. The molecule has 0 radical (unpaired) electrons. The van der Waals surface area contributed by atoms with E-state index in [1.807, 2.05) is 43.0 Å². The van der Waals surface area contributed by atoms with Gasteiger partial charge in [0, 0.05) is 28.8 Å². The molecule has 164 valence electrons. The topological polar surface area (TPSA) is 96.4 Å². The summed E-state index contributed by atoms with van der Waals surface area (Å²) < 4.78 is 6.41. The Morgan fingerprint density at radius 1 is 1.09 bits per heavy atom. The number of halogens is 1. The van der Waals surface area contributed by atoms with Crippen LogP contribution in [0.2, 0.25) is 5.02 Å². The first-order valence-electron chi connectivity index (χ1n) is 10.8. The first-order chi connectivity index (χ1) is 15.7. The fourth-order valence-electron chi connectivity index (χ4n) is 6.27. The Hall–Kier alpha value is -3.56. The summed E-state index contributed by atoms with van der Waals surface area (Å²) in [6.07, 6.45) is 0.766. The maximum Gasteiger partial charge on any atom is 0.238 e. The molecule has 2 N–H and O–H groups in total. The number of benzene rings is 2. The molecule has 0 spiro atoms. The van der Waals surface area contributed by atoms with Crippen molar-refractivity contribution in [2.75, 3.05) is 4.90 Å². The number of carbonyl (C=O) groups is 2. The number of fused-ring (bicyclic) bond motifs is 1. The SMILES string of the molecule is CC1(C)CC(=O)C2=C(C1)N(c1ccccc1Cl)[C@@]13OC(N)=C(C#N)[C@@]21C(=O)c1ccccc13. The summed E-state index contributed by atoms with van der Waals surface area (Å²) in [7, 11) is 0. The number of carbonyl (C=O) groups excluding carboxylic acids is 2. The summed E-state index contributed by atoms with van der Waals surface area (Å²) in [5, 5.41) is 10.7. The number of nitrogens with two attached hydrogens (primary N) is 1. The van der Waals surface area contributed by atoms with Crippen LogP contribution in [0.1, 0.15) is 42.6 Å². The van der Waals surface area contributed by atoms with E-state index in [0.29, 0.717) is 39.5 Å². The first-order valence-corrected chi connectivity index (χ1v) is 11.1. The van der Waals surface area contributed by atoms with E-state index in [2.05, 4.69) is 6.07 Å². The van der Waals surface area contributed by atoms with Crippen molar-refractivity contribution in [3.8, 4) is 6.07 Å². The molecule has 0 fully saturated rings. The number of allylic oxidation sites excluding steroid dienone is 1. The minimum absolute atomic E-state index is 0.0150. The van der Waals surface area contributed by atoms with Crippen molar-refractivity contribution in [1.29, 1.82) is 5.26 Å². The van der Waals surface area contributed by atoms with Crippen molar-refractivity contribution in [2.24, 2.45) is 16.6 Å². The molecular weight excluding hydrogens is 438 g/mol. The second-order valence-electron chi connectivity index (χ2n) is 9.77. The minimum Gasteiger partial charge on any atom is -0.446 e. The maximum absolute atomic E-state index is 14.2. The van der Waals surface area contributed by atoms with Crippen molar-refractivity contribution >= 4 is 28.9 Å². The van der Waals surface area contributed by atoms with E-state index in [1.54, 1.807) is 24.3 Å². The quantitative estimate of drug-likeness (QED) is 0.674. The van der Waals surface area contributed by atoms with Crippen LogP contribution in [0.3, 0.4) is 0 Å². The smallest absolute Gasteiger partial charge is 0.238 e. The van der Waals surface area contributed by atoms with Crippen LogP contribution in [0.25, 0.3) is 0 Å². The predicted molar refractivity (Wildman–Crippen MR) is 122 cm³/mol. The standard InChI is InChI=1S/C26H20ClN3O3/c1-24(2)11-19-21(20(31)12-24)25-16(13-28)23(29)33-26(25,15-8-4-3-7-14(15)22(25)32)30(19)18-10-6-5-9-17(18)27/h3-10H,11-12,29H2,1-2H3/t25-,26-/m0/s1. The molecule has 2 aromatic carbocycles. The van der Waals surface area contributed by atoms with Crippen LogP contribution < -0.4 is 10.6 Å². The Morgan fingerprint density at radius 2 is 1.79 bits per heavy atom. The van der Waals surface area contributed by atoms with Gasteiger partial charge in [0.15, 0.2) is 17.0 Å². The molecule has 2 aliphatic heterocycles. The Balaban J connectivity index is 1.81. The number of ketones is 2. The van der Waals surface area contributed by atoms with Crippen molar-refractivity contribution in [3.63, 3.8) is 0 Å². The lowest BCUT2D eigenvalue weighted by Crippen LogP contribution is -2.52. The molecule has 2 aliphatic carbocycles. The van der Waals surface area contributed by atoms with Crippen LogP contribution in [0.5, 0.6) is 0 Å². The highest BCUT2D eigenvalue weighted by molar-refractivity contribution is 6.33. The van der Waals surface area contributed by atoms with Gasteiger partial charge < -0.3 is 10.5 Å². The van der Waals surface area contributed by atoms with Crippen LogP contribution in [0, 0.1) is 22.2 Å². The molecule has 0 bridgehead atoms. The van der Waals surface area contributed by atoms with Crippen LogP contribution in [-0.2, 0) is 15.3 Å². The highest BCUT2D eigenvalue weighted by Crippen LogP contribution is 2.73. The van der Waals surface area contributed by atoms with Crippen LogP contribution in [0.4, 0.5) is 5.69 Å². The number of hydrogen-bond acceptors (Lipinski definition) is 6. The second kappa shape index (κ2) is 6.06. The van der Waals surface area contributed by atoms with Gasteiger partial charge in [0.05, 0.1) is 10.7 Å². The molecular formula is C26H20ClN3O3. The Bertz CT molecular complexity index is 1420. The average Bonchev–Trinajstić information content (AvgIpc) is 3.24. The summed E-state index contributed by atoms with van der Waals surface area (Å²) >= 11 is 6.69. The second-order valence-corrected chi connectivity index (χ2v) is 10.2. The van der Waals surface area contributed by atoms with Gasteiger partial charge in [-0.15, -0.1) is 0 Å². The van der Waals surface area contributed by atoms with Crippen molar-refractivity contribution in [2.45, 2.75) is 32.4 Å². The van der Waals surface area contributed by atoms with E-state index in [1.165, 1.54) is 0 Å². The zero-order valence-electron chi connectivity index (χ0n) is 18.1. The predicted octanol–water partition coefficient (Wildman–Crippen LogP) is 4.56. The van der Waals surface area contributed by atoms with Gasteiger partial charge in [-0.1, -0.05) is 61.8 Å². The third-order valence-corrected chi connectivity index (χ3v) is 7.60. The Labute approximate surface area is 195 Å². The van der Waals surface area contributed by atoms with Crippen LogP contribution in [-0.4, -0.2) is 11.6 Å². The number of nitriles is 1. The number of para-hydroxylation sites is 1. The van der Waals surface area contributed by atoms with Gasteiger partial charge in [-0.25, -0.2) is 0 Å². The van der Waals surface area contributed by atoms with E-state index in [9.17, 15) is 14.9 Å². The Morgan fingerprint density at radius 3 is 2.52 bits per heavy atom. The summed E-state index contributed by atoms with van der Waals surface area (Å²) in [6, 6.07) is 16.5. The third kappa shape index (κ3) is 2.05. The number of anilines is 1. The molecule has 6 nitrogen and oxygen atoms in total. The highest BCUT2D eigenvalue weighted by Gasteiger charge is 2.81. The maximum atomic E-state index is 14.2. The molecule has 7 heteroatoms. The molecule has 0 aromatic heterocycles. The van der Waals surface area contributed by atoms with Gasteiger partial charge in [-0.3, -0.25) is 14.5 Å². The van der Waals surface area contributed by atoms with E-state index < -0.39 is 11.1 Å². The molecule has 2 heterocycles. The summed E-state index contributed by atoms with van der Waals surface area (Å²) in [5.74, 6) is -0.654. The van der Waals surface area contributed by atoms with Crippen molar-refractivity contribution in [3.05, 3.63) is 87.4 Å². The Kier molecular flexibility index (Phi) is 3.69. The van der Waals surface area contributed by atoms with Gasteiger partial charge in [0.25, 0.3) is 0 Å². The third-order valence-electron chi connectivity index (χ3n) is 7.28. The molecule has 2 aromatic rings. The fourth-order valence-corrected chi connectivity index (χ4v) is 6.49. The number of hydrogen-bond donors (Lipinski definition) is 1.